The highest BCUT2D eigenvalue weighted by Crippen LogP contribution is 2.29. The molecule has 1 aromatic rings. The van der Waals surface area contributed by atoms with Gasteiger partial charge in [0.2, 0.25) is 0 Å². The number of carbonyl (C=O) groups excluding carboxylic acids is 1. The van der Waals surface area contributed by atoms with Gasteiger partial charge in [0, 0.05) is 18.7 Å². The number of nitrogens with two attached hydrogens (primary N) is 1. The second-order valence-corrected chi connectivity index (χ2v) is 3.73. The van der Waals surface area contributed by atoms with Gasteiger partial charge < -0.3 is 20.5 Å². The number of halogens is 3. The number of nitrogen functional groups attached to an aromatic ring is 1. The first-order valence-corrected chi connectivity index (χ1v) is 5.87. The van der Waals surface area contributed by atoms with E-state index in [-0.39, 0.29) is 30.9 Å². The van der Waals surface area contributed by atoms with Crippen LogP contribution in [-0.2, 0) is 9.53 Å². The maximum Gasteiger partial charge on any atom is 0.387 e. The number of hydrogen-bond acceptors (Lipinski definition) is 5. The van der Waals surface area contributed by atoms with E-state index in [0.717, 1.165) is 12.1 Å². The maximum atomic E-state index is 13.3. The summed E-state index contributed by atoms with van der Waals surface area (Å²) >= 11 is 0. The summed E-state index contributed by atoms with van der Waals surface area (Å²) in [5.41, 5.74) is 5.76. The van der Waals surface area contributed by atoms with Crippen molar-refractivity contribution in [3.8, 4) is 5.75 Å². The van der Waals surface area contributed by atoms with Crippen molar-refractivity contribution < 1.29 is 27.4 Å². The quantitative estimate of drug-likeness (QED) is 0.596. The Hall–Kier alpha value is -2.12. The molecule has 0 atom stereocenters. The minimum atomic E-state index is -3.14. The van der Waals surface area contributed by atoms with Crippen LogP contribution in [-0.4, -0.2) is 25.7 Å². The zero-order chi connectivity index (χ0) is 15.1. The molecule has 3 N–H and O–H groups in total. The van der Waals surface area contributed by atoms with Crippen LogP contribution >= 0.6 is 0 Å². The third-order valence-electron chi connectivity index (χ3n) is 2.27. The monoisotopic (exact) mass is 292 g/mol. The van der Waals surface area contributed by atoms with E-state index in [0.29, 0.717) is 0 Å². The van der Waals surface area contributed by atoms with Crippen LogP contribution in [0.15, 0.2) is 12.1 Å². The Labute approximate surface area is 113 Å². The van der Waals surface area contributed by atoms with Gasteiger partial charge in [-0.3, -0.25) is 4.79 Å². The van der Waals surface area contributed by atoms with Gasteiger partial charge in [-0.25, -0.2) is 4.39 Å². The molecule has 0 heterocycles. The lowest BCUT2D eigenvalue weighted by Crippen LogP contribution is -2.12. The van der Waals surface area contributed by atoms with Crippen LogP contribution in [0.5, 0.6) is 5.75 Å². The number of ether oxygens (including phenoxy) is 2. The van der Waals surface area contributed by atoms with Crippen molar-refractivity contribution in [2.24, 2.45) is 0 Å². The van der Waals surface area contributed by atoms with Gasteiger partial charge in [-0.1, -0.05) is 0 Å². The fraction of sp³-hybridized carbons (Fsp3) is 0.417. The number of alkyl halides is 2. The summed E-state index contributed by atoms with van der Waals surface area (Å²) in [6, 6.07) is 1.88. The van der Waals surface area contributed by atoms with Gasteiger partial charge >= 0.3 is 12.6 Å². The Morgan fingerprint density at radius 3 is 2.75 bits per heavy atom. The SMILES string of the molecule is CCOC(=O)CCNc1cc(OC(F)F)c(F)cc1N. The smallest absolute Gasteiger partial charge is 0.387 e. The highest BCUT2D eigenvalue weighted by Gasteiger charge is 2.13. The van der Waals surface area contributed by atoms with E-state index in [1.807, 2.05) is 0 Å². The minimum Gasteiger partial charge on any atom is -0.466 e. The summed E-state index contributed by atoms with van der Waals surface area (Å²) in [5, 5.41) is 2.73. The van der Waals surface area contributed by atoms with E-state index in [4.69, 9.17) is 10.5 Å². The van der Waals surface area contributed by atoms with Gasteiger partial charge in [-0.05, 0) is 6.92 Å². The molecule has 5 nitrogen and oxygen atoms in total. The molecule has 0 saturated carbocycles. The number of rotatable bonds is 7. The molecule has 0 fully saturated rings. The van der Waals surface area contributed by atoms with Gasteiger partial charge in [-0.2, -0.15) is 8.78 Å². The Bertz CT molecular complexity index is 470. The molecule has 112 valence electrons. The van der Waals surface area contributed by atoms with Crippen molar-refractivity contribution in [3.05, 3.63) is 17.9 Å². The zero-order valence-electron chi connectivity index (χ0n) is 10.8. The Balaban J connectivity index is 2.67. The predicted molar refractivity (Wildman–Crippen MR) is 67.2 cm³/mol. The first kappa shape index (κ1) is 15.9. The fourth-order valence-corrected chi connectivity index (χ4v) is 1.44. The van der Waals surface area contributed by atoms with Crippen LogP contribution in [0.25, 0.3) is 0 Å². The number of carbonyl (C=O) groups is 1. The van der Waals surface area contributed by atoms with Crippen molar-refractivity contribution in [2.45, 2.75) is 20.0 Å². The third kappa shape index (κ3) is 4.87. The molecule has 1 aromatic carbocycles. The van der Waals surface area contributed by atoms with Gasteiger partial charge in [-0.15, -0.1) is 0 Å². The second-order valence-electron chi connectivity index (χ2n) is 3.73. The second kappa shape index (κ2) is 7.46. The van der Waals surface area contributed by atoms with Crippen molar-refractivity contribution in [1.29, 1.82) is 0 Å². The van der Waals surface area contributed by atoms with Gasteiger partial charge in [0.25, 0.3) is 0 Å². The van der Waals surface area contributed by atoms with Crippen LogP contribution in [0.2, 0.25) is 0 Å². The molecular weight excluding hydrogens is 277 g/mol. The lowest BCUT2D eigenvalue weighted by molar-refractivity contribution is -0.142. The average molecular weight is 292 g/mol. The lowest BCUT2D eigenvalue weighted by Gasteiger charge is -2.12. The summed E-state index contributed by atoms with van der Waals surface area (Å²) in [6.45, 7) is -1.02. The molecule has 0 aromatic heterocycles. The molecule has 0 amide bonds. The summed E-state index contributed by atoms with van der Waals surface area (Å²) in [6.07, 6.45) is 0.0652. The van der Waals surface area contributed by atoms with Crippen LogP contribution in [0, 0.1) is 5.82 Å². The number of nitrogens with one attached hydrogen (secondary N) is 1. The largest absolute Gasteiger partial charge is 0.466 e. The van der Waals surface area contributed by atoms with E-state index in [2.05, 4.69) is 10.1 Å². The highest BCUT2D eigenvalue weighted by atomic mass is 19.3. The molecule has 0 spiro atoms. The normalized spacial score (nSPS) is 10.4. The number of hydrogen-bond donors (Lipinski definition) is 2. The molecule has 0 aliphatic carbocycles. The van der Waals surface area contributed by atoms with E-state index < -0.39 is 24.1 Å². The van der Waals surface area contributed by atoms with E-state index >= 15 is 0 Å². The molecule has 0 unspecified atom stereocenters. The molecule has 0 aliphatic heterocycles. The van der Waals surface area contributed by atoms with Crippen molar-refractivity contribution >= 4 is 17.3 Å². The van der Waals surface area contributed by atoms with Gasteiger partial charge in [0.05, 0.1) is 24.4 Å². The summed E-state index contributed by atoms with van der Waals surface area (Å²) < 4.78 is 46.2. The topological polar surface area (TPSA) is 73.6 Å². The van der Waals surface area contributed by atoms with Crippen LogP contribution in [0.1, 0.15) is 13.3 Å². The molecule has 20 heavy (non-hydrogen) atoms. The molecule has 1 rings (SSSR count). The molecule has 0 radical (unpaired) electrons. The number of esters is 1. The molecule has 0 aliphatic rings. The Kier molecular flexibility index (Phi) is 5.95. The first-order valence-electron chi connectivity index (χ1n) is 5.87. The van der Waals surface area contributed by atoms with Crippen molar-refractivity contribution in [3.63, 3.8) is 0 Å². The Morgan fingerprint density at radius 2 is 2.15 bits per heavy atom. The fourth-order valence-electron chi connectivity index (χ4n) is 1.44. The minimum absolute atomic E-state index is 0.0213. The molecular formula is C12H15F3N2O3. The Morgan fingerprint density at radius 1 is 1.45 bits per heavy atom. The molecule has 0 bridgehead atoms. The number of benzene rings is 1. The van der Waals surface area contributed by atoms with Crippen LogP contribution in [0.3, 0.4) is 0 Å². The third-order valence-corrected chi connectivity index (χ3v) is 2.27. The van der Waals surface area contributed by atoms with E-state index in [1.54, 1.807) is 6.92 Å². The summed E-state index contributed by atoms with van der Waals surface area (Å²) in [5.74, 6) is -2.02. The maximum absolute atomic E-state index is 13.3. The van der Waals surface area contributed by atoms with E-state index in [9.17, 15) is 18.0 Å². The summed E-state index contributed by atoms with van der Waals surface area (Å²) in [4.78, 5) is 11.1. The van der Waals surface area contributed by atoms with Crippen LogP contribution < -0.4 is 15.8 Å². The van der Waals surface area contributed by atoms with Gasteiger partial charge in [0.15, 0.2) is 11.6 Å². The van der Waals surface area contributed by atoms with Crippen molar-refractivity contribution in [1.82, 2.24) is 0 Å². The van der Waals surface area contributed by atoms with Gasteiger partial charge in [0.1, 0.15) is 0 Å². The lowest BCUT2D eigenvalue weighted by atomic mass is 10.2. The average Bonchev–Trinajstić information content (AvgIpc) is 2.34. The van der Waals surface area contributed by atoms with Crippen molar-refractivity contribution in [2.75, 3.05) is 24.2 Å². The number of anilines is 2. The highest BCUT2D eigenvalue weighted by molar-refractivity contribution is 5.72. The molecule has 0 saturated heterocycles. The summed E-state index contributed by atoms with van der Waals surface area (Å²) in [7, 11) is 0. The van der Waals surface area contributed by atoms with E-state index in [1.165, 1.54) is 0 Å². The predicted octanol–water partition coefficient (Wildman–Crippen LogP) is 2.37. The van der Waals surface area contributed by atoms with Crippen LogP contribution in [0.4, 0.5) is 24.5 Å². The molecule has 8 heteroatoms. The zero-order valence-corrected chi connectivity index (χ0v) is 10.8. The standard InChI is InChI=1S/C12H15F3N2O3/c1-2-19-11(18)3-4-17-9-6-10(20-12(14)15)7(13)5-8(9)16/h5-6,12,17H,2-4,16H2,1H3. The first-order chi connectivity index (χ1) is 9.43.